The molecular weight excluding hydrogens is 599 g/mol. The van der Waals surface area contributed by atoms with Gasteiger partial charge in [0.15, 0.2) is 0 Å². The highest BCUT2D eigenvalue weighted by molar-refractivity contribution is 5.85. The number of alkyl halides is 3. The zero-order valence-electron chi connectivity index (χ0n) is 23.6. The molecule has 1 amide bonds. The van der Waals surface area contributed by atoms with Crippen LogP contribution in [0.5, 0.6) is 11.5 Å². The van der Waals surface area contributed by atoms with E-state index < -0.39 is 64.9 Å². The van der Waals surface area contributed by atoms with Crippen LogP contribution in [-0.4, -0.2) is 21.6 Å². The van der Waals surface area contributed by atoms with E-state index in [4.69, 9.17) is 4.74 Å². The fourth-order valence-electron chi connectivity index (χ4n) is 5.74. The largest absolute Gasteiger partial charge is 0.481 e. The van der Waals surface area contributed by atoms with Crippen molar-refractivity contribution in [1.29, 1.82) is 0 Å². The van der Waals surface area contributed by atoms with Gasteiger partial charge in [0.25, 0.3) is 5.56 Å². The molecule has 1 aliphatic carbocycles. The number of nitrogens with one attached hydrogen (secondary N) is 1. The number of aryl methyl sites for hydroxylation is 1. The zero-order valence-corrected chi connectivity index (χ0v) is 23.6. The predicted molar refractivity (Wildman–Crippen MR) is 152 cm³/mol. The number of amides is 1. The lowest BCUT2D eigenvalue weighted by molar-refractivity contribution is -0.138. The fraction of sp³-hybridized carbons (Fsp3) is 0.242. The molecule has 0 unspecified atom stereocenters. The van der Waals surface area contributed by atoms with Gasteiger partial charge in [-0.05, 0) is 84.8 Å². The summed E-state index contributed by atoms with van der Waals surface area (Å²) in [5, 5.41) is 12.2. The molecule has 1 aromatic heterocycles. The lowest BCUT2D eigenvalue weighted by atomic mass is 9.90. The van der Waals surface area contributed by atoms with Crippen molar-refractivity contribution in [1.82, 2.24) is 9.88 Å². The van der Waals surface area contributed by atoms with Crippen LogP contribution in [0.1, 0.15) is 65.1 Å². The van der Waals surface area contributed by atoms with Gasteiger partial charge in [-0.15, -0.1) is 0 Å². The van der Waals surface area contributed by atoms with Crippen LogP contribution in [0.2, 0.25) is 0 Å². The summed E-state index contributed by atoms with van der Waals surface area (Å²) < 4.78 is 78.5. The quantitative estimate of drug-likeness (QED) is 0.238. The van der Waals surface area contributed by atoms with Crippen LogP contribution in [-0.2, 0) is 15.8 Å². The SMILES string of the molecule is Cc1cccc2c1-c1cc(C3CC3)c(F)c(c1)[C@@H](CC(=O)O)NC(=O)[C@@H](n1ccc(C(F)(F)F)cc1=O)c1cc(ccc1F)O2. The second-order valence-corrected chi connectivity index (χ2v) is 11.2. The van der Waals surface area contributed by atoms with E-state index in [1.807, 2.05) is 0 Å². The number of nitrogens with zero attached hydrogens (tertiary/aromatic N) is 1. The first-order valence-electron chi connectivity index (χ1n) is 14.0. The van der Waals surface area contributed by atoms with E-state index in [1.54, 1.807) is 31.2 Å². The van der Waals surface area contributed by atoms with Gasteiger partial charge in [0.05, 0.1) is 18.0 Å². The van der Waals surface area contributed by atoms with Crippen molar-refractivity contribution in [2.75, 3.05) is 0 Å². The summed E-state index contributed by atoms with van der Waals surface area (Å²) in [5.74, 6) is -4.04. The number of fused-ring (bicyclic) bond motifs is 6. The summed E-state index contributed by atoms with van der Waals surface area (Å²) in [6.07, 6.45) is -3.54. The number of halogens is 5. The van der Waals surface area contributed by atoms with E-state index in [2.05, 4.69) is 5.32 Å². The Bertz CT molecular complexity index is 1910. The van der Waals surface area contributed by atoms with Gasteiger partial charge in [-0.2, -0.15) is 13.2 Å². The van der Waals surface area contributed by atoms with Crippen molar-refractivity contribution in [2.45, 2.75) is 50.4 Å². The lowest BCUT2D eigenvalue weighted by Crippen LogP contribution is -2.40. The highest BCUT2D eigenvalue weighted by atomic mass is 19.4. The van der Waals surface area contributed by atoms with Crippen molar-refractivity contribution in [3.05, 3.63) is 117 Å². The third kappa shape index (κ3) is 5.79. The normalized spacial score (nSPS) is 18.0. The molecule has 2 atom stereocenters. The van der Waals surface area contributed by atoms with Crippen molar-refractivity contribution in [3.63, 3.8) is 0 Å². The molecule has 7 nitrogen and oxygen atoms in total. The second-order valence-electron chi connectivity index (χ2n) is 11.2. The maximum atomic E-state index is 16.2. The molecule has 2 N–H and O–H groups in total. The number of pyridine rings is 1. The van der Waals surface area contributed by atoms with Crippen molar-refractivity contribution < 1.29 is 41.4 Å². The van der Waals surface area contributed by atoms with Crippen molar-refractivity contribution in [2.24, 2.45) is 0 Å². The number of benzene rings is 3. The molecule has 0 spiro atoms. The minimum absolute atomic E-state index is 0.0436. The van der Waals surface area contributed by atoms with Gasteiger partial charge in [0.1, 0.15) is 29.2 Å². The molecule has 45 heavy (non-hydrogen) atoms. The van der Waals surface area contributed by atoms with E-state index in [0.717, 1.165) is 17.7 Å². The number of hydrogen-bond acceptors (Lipinski definition) is 4. The smallest absolute Gasteiger partial charge is 0.416 e. The minimum atomic E-state index is -4.87. The maximum Gasteiger partial charge on any atom is 0.416 e. The first-order valence-corrected chi connectivity index (χ1v) is 14.0. The lowest BCUT2D eigenvalue weighted by Gasteiger charge is -2.25. The summed E-state index contributed by atoms with van der Waals surface area (Å²) in [6.45, 7) is 1.81. The second kappa shape index (κ2) is 11.2. The summed E-state index contributed by atoms with van der Waals surface area (Å²) in [6, 6.07) is 9.08. The van der Waals surface area contributed by atoms with E-state index in [-0.39, 0.29) is 23.3 Å². The van der Waals surface area contributed by atoms with Gasteiger partial charge in [-0.3, -0.25) is 19.0 Å². The minimum Gasteiger partial charge on any atom is -0.481 e. The summed E-state index contributed by atoms with van der Waals surface area (Å²) in [7, 11) is 0. The number of carbonyl (C=O) groups is 2. The molecule has 1 saturated carbocycles. The molecule has 3 aromatic carbocycles. The molecule has 0 radical (unpaired) electrons. The Morgan fingerprint density at radius 2 is 1.73 bits per heavy atom. The van der Waals surface area contributed by atoms with Crippen LogP contribution < -0.4 is 15.6 Å². The molecular formula is C33H25F5N2O5. The van der Waals surface area contributed by atoms with Crippen LogP contribution in [0.25, 0.3) is 11.1 Å². The van der Waals surface area contributed by atoms with Gasteiger partial charge in [-0.1, -0.05) is 12.1 Å². The van der Waals surface area contributed by atoms with Crippen LogP contribution in [0.4, 0.5) is 22.0 Å². The highest BCUT2D eigenvalue weighted by Gasteiger charge is 2.36. The molecule has 0 saturated heterocycles. The van der Waals surface area contributed by atoms with Crippen LogP contribution in [0.15, 0.2) is 71.7 Å². The average Bonchev–Trinajstić information content (AvgIpc) is 3.80. The number of aromatic nitrogens is 1. The highest BCUT2D eigenvalue weighted by Crippen LogP contribution is 2.46. The van der Waals surface area contributed by atoms with E-state index in [1.165, 1.54) is 12.1 Å². The van der Waals surface area contributed by atoms with Crippen molar-refractivity contribution >= 4 is 11.9 Å². The van der Waals surface area contributed by atoms with Crippen LogP contribution in [0.3, 0.4) is 0 Å². The predicted octanol–water partition coefficient (Wildman–Crippen LogP) is 7.03. The Morgan fingerprint density at radius 1 is 1.00 bits per heavy atom. The Kier molecular flexibility index (Phi) is 7.46. The third-order valence-electron chi connectivity index (χ3n) is 8.03. The molecule has 1 fully saturated rings. The number of aliphatic carboxylic acids is 1. The van der Waals surface area contributed by atoms with Gasteiger partial charge in [-0.25, -0.2) is 8.78 Å². The topological polar surface area (TPSA) is 97.6 Å². The van der Waals surface area contributed by atoms with Crippen LogP contribution >= 0.6 is 0 Å². The number of carbonyl (C=O) groups excluding carboxylic acids is 1. The number of carboxylic acids is 1. The monoisotopic (exact) mass is 624 g/mol. The molecule has 232 valence electrons. The number of ether oxygens (including phenoxy) is 1. The zero-order chi connectivity index (χ0) is 32.2. The standard InChI is InChI=1S/C33H25F5N2O5/c1-16-3-2-4-26-29(16)18-11-21(17-5-6-17)30(35)23(12-18)25(15-28(42)43)39-32(44)31(22-14-20(45-26)7-8-24(22)34)40-10-9-19(13-27(40)41)33(36,37)38/h2-4,7-14,17,25,31H,5-6,15H2,1H3,(H,39,44)(H,42,43)/t25-,31+/m1/s1. The molecule has 2 heterocycles. The first-order chi connectivity index (χ1) is 21.3. The Labute approximate surface area is 252 Å². The number of carboxylic acid groups (broad SMARTS) is 1. The molecule has 1 aliphatic heterocycles. The average molecular weight is 625 g/mol. The number of hydrogen-bond donors (Lipinski definition) is 2. The van der Waals surface area contributed by atoms with E-state index in [0.29, 0.717) is 52.1 Å². The summed E-state index contributed by atoms with van der Waals surface area (Å²) in [4.78, 5) is 39.0. The fourth-order valence-corrected chi connectivity index (χ4v) is 5.74. The molecule has 4 aromatic rings. The molecule has 2 aliphatic rings. The summed E-state index contributed by atoms with van der Waals surface area (Å²) in [5.41, 5.74) is -1.03. The van der Waals surface area contributed by atoms with Gasteiger partial charge in [0.2, 0.25) is 5.91 Å². The maximum absolute atomic E-state index is 16.2. The number of rotatable bonds is 4. The third-order valence-corrected chi connectivity index (χ3v) is 8.03. The Hall–Kier alpha value is -5.00. The molecule has 6 rings (SSSR count). The van der Waals surface area contributed by atoms with E-state index >= 15 is 8.78 Å². The molecule has 12 heteroatoms. The Morgan fingerprint density at radius 3 is 2.40 bits per heavy atom. The first kappa shape index (κ1) is 30.0. The van der Waals surface area contributed by atoms with Gasteiger partial charge in [0, 0.05) is 29.0 Å². The van der Waals surface area contributed by atoms with E-state index in [9.17, 15) is 32.7 Å². The van der Waals surface area contributed by atoms with Crippen LogP contribution in [0, 0.1) is 18.6 Å². The Balaban J connectivity index is 1.63. The molecule has 4 bridgehead atoms. The summed E-state index contributed by atoms with van der Waals surface area (Å²) >= 11 is 0. The van der Waals surface area contributed by atoms with Gasteiger partial charge >= 0.3 is 12.1 Å². The van der Waals surface area contributed by atoms with Crippen molar-refractivity contribution in [3.8, 4) is 22.6 Å². The van der Waals surface area contributed by atoms with Gasteiger partial charge < -0.3 is 15.2 Å².